The van der Waals surface area contributed by atoms with E-state index >= 15 is 0 Å². The molecule has 1 atom stereocenters. The molecule has 18 heavy (non-hydrogen) atoms. The highest BCUT2D eigenvalue weighted by atomic mass is 16.5. The number of hydrogen-bond donors (Lipinski definition) is 1. The zero-order chi connectivity index (χ0) is 13.5. The summed E-state index contributed by atoms with van der Waals surface area (Å²) in [5, 5.41) is 0. The van der Waals surface area contributed by atoms with Gasteiger partial charge in [-0.05, 0) is 25.0 Å². The number of carbonyl (C=O) groups excluding carboxylic acids is 1. The summed E-state index contributed by atoms with van der Waals surface area (Å²) in [6.45, 7) is 4.41. The Morgan fingerprint density at radius 2 is 2.11 bits per heavy atom. The van der Waals surface area contributed by atoms with Crippen LogP contribution < -0.4 is 10.5 Å². The number of aryl methyl sites for hydroxylation is 1. The molecule has 1 aromatic carbocycles. The van der Waals surface area contributed by atoms with Crippen molar-refractivity contribution in [2.45, 2.75) is 26.2 Å². The number of benzene rings is 1. The van der Waals surface area contributed by atoms with Gasteiger partial charge in [0.05, 0.1) is 19.6 Å². The summed E-state index contributed by atoms with van der Waals surface area (Å²) in [6, 6.07) is 5.82. The maximum atomic E-state index is 11.9. The third-order valence-electron chi connectivity index (χ3n) is 2.88. The predicted octanol–water partition coefficient (Wildman–Crippen LogP) is 1.86. The molecule has 1 aromatic rings. The summed E-state index contributed by atoms with van der Waals surface area (Å²) in [7, 11) is 1.59. The van der Waals surface area contributed by atoms with Crippen molar-refractivity contribution in [1.29, 1.82) is 0 Å². The molecule has 0 aliphatic heterocycles. The average molecular weight is 251 g/mol. The third-order valence-corrected chi connectivity index (χ3v) is 2.88. The van der Waals surface area contributed by atoms with E-state index in [1.54, 1.807) is 14.0 Å². The van der Waals surface area contributed by atoms with Crippen LogP contribution in [0.15, 0.2) is 18.2 Å². The van der Waals surface area contributed by atoms with Crippen LogP contribution in [-0.4, -0.2) is 26.2 Å². The monoisotopic (exact) mass is 251 g/mol. The van der Waals surface area contributed by atoms with Gasteiger partial charge < -0.3 is 15.2 Å². The van der Waals surface area contributed by atoms with Crippen molar-refractivity contribution in [2.24, 2.45) is 5.73 Å². The van der Waals surface area contributed by atoms with Crippen LogP contribution in [0.4, 0.5) is 0 Å². The zero-order valence-corrected chi connectivity index (χ0v) is 11.2. The second-order valence-corrected chi connectivity index (χ2v) is 3.97. The van der Waals surface area contributed by atoms with E-state index in [9.17, 15) is 4.79 Å². The quantitative estimate of drug-likeness (QED) is 0.784. The lowest BCUT2D eigenvalue weighted by molar-refractivity contribution is -0.144. The first-order chi connectivity index (χ1) is 8.67. The lowest BCUT2D eigenvalue weighted by atomic mass is 9.95. The van der Waals surface area contributed by atoms with Crippen LogP contribution in [0.5, 0.6) is 5.75 Å². The van der Waals surface area contributed by atoms with E-state index in [1.165, 1.54) is 0 Å². The predicted molar refractivity (Wildman–Crippen MR) is 70.8 cm³/mol. The Bertz CT molecular complexity index is 404. The van der Waals surface area contributed by atoms with E-state index in [0.717, 1.165) is 17.5 Å². The lowest BCUT2D eigenvalue weighted by Gasteiger charge is -2.17. The molecule has 0 fully saturated rings. The van der Waals surface area contributed by atoms with E-state index in [-0.39, 0.29) is 12.5 Å². The van der Waals surface area contributed by atoms with Crippen LogP contribution in [-0.2, 0) is 16.0 Å². The average Bonchev–Trinajstić information content (AvgIpc) is 2.39. The molecule has 0 bridgehead atoms. The molecule has 1 unspecified atom stereocenters. The number of carbonyl (C=O) groups is 1. The van der Waals surface area contributed by atoms with Crippen molar-refractivity contribution in [3.05, 3.63) is 29.3 Å². The fourth-order valence-corrected chi connectivity index (χ4v) is 1.87. The van der Waals surface area contributed by atoms with Crippen LogP contribution in [0.1, 0.15) is 30.9 Å². The summed E-state index contributed by atoms with van der Waals surface area (Å²) in [5.74, 6) is -0.0892. The standard InChI is InChI=1S/C14H21NO3/c1-4-10-6-7-13(17-3)11(8-10)12(9-15)14(16)18-5-2/h6-8,12H,4-5,9,15H2,1-3H3. The van der Waals surface area contributed by atoms with E-state index in [0.29, 0.717) is 12.4 Å². The van der Waals surface area contributed by atoms with Crippen LogP contribution in [0.2, 0.25) is 0 Å². The third kappa shape index (κ3) is 3.23. The summed E-state index contributed by atoms with van der Waals surface area (Å²) in [6.07, 6.45) is 0.900. The van der Waals surface area contributed by atoms with E-state index in [2.05, 4.69) is 6.92 Å². The first-order valence-electron chi connectivity index (χ1n) is 6.21. The Balaban J connectivity index is 3.13. The summed E-state index contributed by atoms with van der Waals surface area (Å²) >= 11 is 0. The van der Waals surface area contributed by atoms with E-state index in [4.69, 9.17) is 15.2 Å². The van der Waals surface area contributed by atoms with Crippen molar-refractivity contribution in [2.75, 3.05) is 20.3 Å². The molecular weight excluding hydrogens is 230 g/mol. The normalized spacial score (nSPS) is 12.0. The van der Waals surface area contributed by atoms with Gasteiger partial charge >= 0.3 is 5.97 Å². The molecule has 0 radical (unpaired) electrons. The SMILES string of the molecule is CCOC(=O)C(CN)c1cc(CC)ccc1OC. The number of ether oxygens (including phenoxy) is 2. The van der Waals surface area contributed by atoms with Crippen molar-refractivity contribution in [3.8, 4) is 5.75 Å². The Kier molecular flexibility index (Phi) is 5.65. The minimum atomic E-state index is -0.466. The van der Waals surface area contributed by atoms with Crippen molar-refractivity contribution in [1.82, 2.24) is 0 Å². The zero-order valence-electron chi connectivity index (χ0n) is 11.2. The maximum absolute atomic E-state index is 11.9. The Morgan fingerprint density at radius 1 is 1.39 bits per heavy atom. The molecule has 0 saturated carbocycles. The van der Waals surface area contributed by atoms with Gasteiger partial charge in [-0.1, -0.05) is 19.1 Å². The van der Waals surface area contributed by atoms with Gasteiger partial charge in [0.25, 0.3) is 0 Å². The Morgan fingerprint density at radius 3 is 2.61 bits per heavy atom. The van der Waals surface area contributed by atoms with Crippen LogP contribution in [0.25, 0.3) is 0 Å². The number of esters is 1. The topological polar surface area (TPSA) is 61.5 Å². The molecule has 0 heterocycles. The second-order valence-electron chi connectivity index (χ2n) is 3.97. The van der Waals surface area contributed by atoms with Crippen LogP contribution in [0.3, 0.4) is 0 Å². The summed E-state index contributed by atoms with van der Waals surface area (Å²) < 4.78 is 10.3. The molecule has 0 aliphatic carbocycles. The first-order valence-corrected chi connectivity index (χ1v) is 6.21. The molecule has 4 heteroatoms. The number of nitrogens with two attached hydrogens (primary N) is 1. The first kappa shape index (κ1) is 14.5. The minimum Gasteiger partial charge on any atom is -0.496 e. The number of hydrogen-bond acceptors (Lipinski definition) is 4. The molecule has 0 spiro atoms. The van der Waals surface area contributed by atoms with E-state index < -0.39 is 5.92 Å². The molecule has 0 aromatic heterocycles. The molecule has 1 rings (SSSR count). The van der Waals surface area contributed by atoms with Gasteiger partial charge in [0.2, 0.25) is 0 Å². The van der Waals surface area contributed by atoms with E-state index in [1.807, 2.05) is 18.2 Å². The fraction of sp³-hybridized carbons (Fsp3) is 0.500. The molecular formula is C14H21NO3. The molecule has 4 nitrogen and oxygen atoms in total. The van der Waals surface area contributed by atoms with Crippen molar-refractivity contribution in [3.63, 3.8) is 0 Å². The minimum absolute atomic E-state index is 0.211. The smallest absolute Gasteiger partial charge is 0.314 e. The van der Waals surface area contributed by atoms with Crippen LogP contribution >= 0.6 is 0 Å². The number of methoxy groups -OCH3 is 1. The number of rotatable bonds is 6. The van der Waals surface area contributed by atoms with Crippen molar-refractivity contribution >= 4 is 5.97 Å². The molecule has 2 N–H and O–H groups in total. The van der Waals surface area contributed by atoms with Gasteiger partial charge in [-0.25, -0.2) is 0 Å². The highest BCUT2D eigenvalue weighted by Crippen LogP contribution is 2.28. The molecule has 0 aliphatic rings. The maximum Gasteiger partial charge on any atom is 0.314 e. The highest BCUT2D eigenvalue weighted by molar-refractivity contribution is 5.79. The Labute approximate surface area is 108 Å². The summed E-state index contributed by atoms with van der Waals surface area (Å²) in [4.78, 5) is 11.9. The van der Waals surface area contributed by atoms with Gasteiger partial charge in [0, 0.05) is 12.1 Å². The van der Waals surface area contributed by atoms with Crippen LogP contribution in [0, 0.1) is 0 Å². The molecule has 100 valence electrons. The van der Waals surface area contributed by atoms with Gasteiger partial charge in [-0.3, -0.25) is 4.79 Å². The second kappa shape index (κ2) is 7.01. The fourth-order valence-electron chi connectivity index (χ4n) is 1.87. The Hall–Kier alpha value is -1.55. The molecule has 0 amide bonds. The van der Waals surface area contributed by atoms with Gasteiger partial charge in [-0.15, -0.1) is 0 Å². The van der Waals surface area contributed by atoms with Gasteiger partial charge in [-0.2, -0.15) is 0 Å². The highest BCUT2D eigenvalue weighted by Gasteiger charge is 2.24. The lowest BCUT2D eigenvalue weighted by Crippen LogP contribution is -2.24. The van der Waals surface area contributed by atoms with Crippen molar-refractivity contribution < 1.29 is 14.3 Å². The van der Waals surface area contributed by atoms with Gasteiger partial charge in [0.15, 0.2) is 0 Å². The molecule has 0 saturated heterocycles. The largest absolute Gasteiger partial charge is 0.496 e. The summed E-state index contributed by atoms with van der Waals surface area (Å²) in [5.41, 5.74) is 7.65. The van der Waals surface area contributed by atoms with Gasteiger partial charge in [0.1, 0.15) is 5.75 Å².